The molecule has 2 atom stereocenters. The SMILES string of the molecule is O=C(O)C(O)[C@@H]1CCCN1C(=O)OCC1c2ccccc2-c2ccccc21. The molecule has 4 rings (SSSR count). The molecule has 27 heavy (non-hydrogen) atoms. The van der Waals surface area contributed by atoms with E-state index in [2.05, 4.69) is 12.1 Å². The van der Waals surface area contributed by atoms with Crippen molar-refractivity contribution in [1.29, 1.82) is 0 Å². The van der Waals surface area contributed by atoms with Crippen LogP contribution in [0.1, 0.15) is 29.9 Å². The Balaban J connectivity index is 1.50. The maximum atomic E-state index is 12.6. The Labute approximate surface area is 157 Å². The first-order valence-corrected chi connectivity index (χ1v) is 9.10. The molecule has 140 valence electrons. The molecule has 0 saturated carbocycles. The summed E-state index contributed by atoms with van der Waals surface area (Å²) in [5.41, 5.74) is 4.54. The van der Waals surface area contributed by atoms with E-state index in [-0.39, 0.29) is 12.5 Å². The summed E-state index contributed by atoms with van der Waals surface area (Å²) in [5.74, 6) is -1.37. The summed E-state index contributed by atoms with van der Waals surface area (Å²) < 4.78 is 5.57. The maximum absolute atomic E-state index is 12.6. The number of carboxylic acid groups (broad SMARTS) is 1. The molecule has 1 fully saturated rings. The van der Waals surface area contributed by atoms with Crippen LogP contribution < -0.4 is 0 Å². The van der Waals surface area contributed by atoms with E-state index in [0.717, 1.165) is 22.3 Å². The fourth-order valence-electron chi connectivity index (χ4n) is 4.19. The molecule has 1 aliphatic heterocycles. The van der Waals surface area contributed by atoms with E-state index >= 15 is 0 Å². The van der Waals surface area contributed by atoms with E-state index in [1.807, 2.05) is 36.4 Å². The monoisotopic (exact) mass is 367 g/mol. The minimum Gasteiger partial charge on any atom is -0.479 e. The minimum atomic E-state index is -1.59. The number of hydrogen-bond donors (Lipinski definition) is 2. The normalized spacial score (nSPS) is 19.4. The highest BCUT2D eigenvalue weighted by Crippen LogP contribution is 2.44. The van der Waals surface area contributed by atoms with Crippen molar-refractivity contribution < 1.29 is 24.5 Å². The number of carbonyl (C=O) groups is 2. The van der Waals surface area contributed by atoms with Crippen molar-refractivity contribution in [3.8, 4) is 11.1 Å². The Morgan fingerprint density at radius 2 is 1.67 bits per heavy atom. The molecule has 2 aliphatic rings. The van der Waals surface area contributed by atoms with E-state index in [1.54, 1.807) is 0 Å². The zero-order chi connectivity index (χ0) is 19.0. The number of carboxylic acids is 1. The molecule has 1 saturated heterocycles. The number of carbonyl (C=O) groups excluding carboxylic acids is 1. The summed E-state index contributed by atoms with van der Waals surface area (Å²) in [6.07, 6.45) is -1.05. The number of aliphatic hydroxyl groups excluding tert-OH is 1. The van der Waals surface area contributed by atoms with Crippen LogP contribution in [0.25, 0.3) is 11.1 Å². The predicted molar refractivity (Wildman–Crippen MR) is 98.4 cm³/mol. The second-order valence-corrected chi connectivity index (χ2v) is 6.99. The lowest BCUT2D eigenvalue weighted by atomic mass is 9.98. The Hall–Kier alpha value is -2.86. The lowest BCUT2D eigenvalue weighted by Gasteiger charge is -2.26. The summed E-state index contributed by atoms with van der Waals surface area (Å²) in [5, 5.41) is 18.9. The molecular formula is C21H21NO5. The maximum Gasteiger partial charge on any atom is 0.410 e. The number of aliphatic hydroxyl groups is 1. The molecule has 2 N–H and O–H groups in total. The Morgan fingerprint density at radius 3 is 2.26 bits per heavy atom. The molecule has 2 aromatic rings. The third-order valence-electron chi connectivity index (χ3n) is 5.49. The van der Waals surface area contributed by atoms with Gasteiger partial charge in [-0.05, 0) is 35.1 Å². The molecule has 2 aromatic carbocycles. The van der Waals surface area contributed by atoms with Crippen LogP contribution in [-0.4, -0.2) is 52.5 Å². The molecular weight excluding hydrogens is 346 g/mol. The Morgan fingerprint density at radius 1 is 1.07 bits per heavy atom. The van der Waals surface area contributed by atoms with Crippen LogP contribution in [-0.2, 0) is 9.53 Å². The van der Waals surface area contributed by atoms with Crippen molar-refractivity contribution >= 4 is 12.1 Å². The van der Waals surface area contributed by atoms with E-state index < -0.39 is 24.2 Å². The number of hydrogen-bond acceptors (Lipinski definition) is 4. The van der Waals surface area contributed by atoms with Gasteiger partial charge in [-0.2, -0.15) is 0 Å². The van der Waals surface area contributed by atoms with Gasteiger partial charge in [-0.15, -0.1) is 0 Å². The number of amides is 1. The Kier molecular flexibility index (Phi) is 4.58. The number of rotatable bonds is 4. The van der Waals surface area contributed by atoms with Crippen LogP contribution in [0.15, 0.2) is 48.5 Å². The molecule has 6 nitrogen and oxygen atoms in total. The van der Waals surface area contributed by atoms with Crippen molar-refractivity contribution in [3.05, 3.63) is 59.7 Å². The predicted octanol–water partition coefficient (Wildman–Crippen LogP) is 2.85. The van der Waals surface area contributed by atoms with Crippen LogP contribution in [0.5, 0.6) is 0 Å². The van der Waals surface area contributed by atoms with Gasteiger partial charge in [-0.25, -0.2) is 9.59 Å². The van der Waals surface area contributed by atoms with Gasteiger partial charge in [0, 0.05) is 12.5 Å². The fraction of sp³-hybridized carbons (Fsp3) is 0.333. The standard InChI is InChI=1S/C21H21NO5/c23-19(20(24)25)18-10-5-11-22(18)21(26)27-12-17-15-8-3-1-6-13(15)14-7-2-4-9-16(14)17/h1-4,6-9,17-19,23H,5,10-12H2,(H,24,25)/t18-,19?/m0/s1. The molecule has 0 radical (unpaired) electrons. The van der Waals surface area contributed by atoms with Gasteiger partial charge >= 0.3 is 12.1 Å². The second-order valence-electron chi connectivity index (χ2n) is 6.99. The summed E-state index contributed by atoms with van der Waals surface area (Å²) in [7, 11) is 0. The Bertz CT molecular complexity index is 835. The number of likely N-dealkylation sites (tertiary alicyclic amines) is 1. The average Bonchev–Trinajstić information content (AvgIpc) is 3.29. The quantitative estimate of drug-likeness (QED) is 0.868. The van der Waals surface area contributed by atoms with E-state index in [1.165, 1.54) is 4.90 Å². The van der Waals surface area contributed by atoms with Crippen molar-refractivity contribution in [2.75, 3.05) is 13.2 Å². The van der Waals surface area contributed by atoms with Gasteiger partial charge in [-0.3, -0.25) is 0 Å². The highest BCUT2D eigenvalue weighted by Gasteiger charge is 2.39. The van der Waals surface area contributed by atoms with Crippen LogP contribution in [0.2, 0.25) is 0 Å². The molecule has 0 aromatic heterocycles. The highest BCUT2D eigenvalue weighted by atomic mass is 16.6. The van der Waals surface area contributed by atoms with Crippen molar-refractivity contribution in [2.45, 2.75) is 30.9 Å². The smallest absolute Gasteiger partial charge is 0.410 e. The summed E-state index contributed by atoms with van der Waals surface area (Å²) in [4.78, 5) is 25.0. The molecule has 1 heterocycles. The highest BCUT2D eigenvalue weighted by molar-refractivity contribution is 5.79. The van der Waals surface area contributed by atoms with Gasteiger partial charge in [0.05, 0.1) is 6.04 Å². The molecule has 1 amide bonds. The molecule has 0 bridgehead atoms. The largest absolute Gasteiger partial charge is 0.479 e. The summed E-state index contributed by atoms with van der Waals surface area (Å²) >= 11 is 0. The first-order chi connectivity index (χ1) is 13.1. The van der Waals surface area contributed by atoms with E-state index in [0.29, 0.717) is 19.4 Å². The number of aliphatic carboxylic acids is 1. The summed E-state index contributed by atoms with van der Waals surface area (Å²) in [6.45, 7) is 0.574. The number of benzene rings is 2. The number of fused-ring (bicyclic) bond motifs is 3. The third-order valence-corrected chi connectivity index (χ3v) is 5.49. The zero-order valence-electron chi connectivity index (χ0n) is 14.7. The van der Waals surface area contributed by atoms with Crippen molar-refractivity contribution in [3.63, 3.8) is 0 Å². The van der Waals surface area contributed by atoms with E-state index in [4.69, 9.17) is 9.84 Å². The van der Waals surface area contributed by atoms with Crippen molar-refractivity contribution in [2.24, 2.45) is 0 Å². The molecule has 6 heteroatoms. The summed E-state index contributed by atoms with van der Waals surface area (Å²) in [6, 6.07) is 15.4. The first kappa shape index (κ1) is 17.5. The third kappa shape index (κ3) is 3.06. The van der Waals surface area contributed by atoms with Gasteiger partial charge in [-0.1, -0.05) is 48.5 Å². The number of ether oxygens (including phenoxy) is 1. The van der Waals surface area contributed by atoms with E-state index in [9.17, 15) is 14.7 Å². The van der Waals surface area contributed by atoms with Gasteiger partial charge in [0.2, 0.25) is 0 Å². The van der Waals surface area contributed by atoms with Crippen LogP contribution >= 0.6 is 0 Å². The number of nitrogens with zero attached hydrogens (tertiary/aromatic N) is 1. The van der Waals surface area contributed by atoms with Gasteiger partial charge < -0.3 is 19.8 Å². The zero-order valence-corrected chi connectivity index (χ0v) is 14.7. The average molecular weight is 367 g/mol. The van der Waals surface area contributed by atoms with Crippen LogP contribution in [0, 0.1) is 0 Å². The van der Waals surface area contributed by atoms with Gasteiger partial charge in [0.1, 0.15) is 6.61 Å². The van der Waals surface area contributed by atoms with Crippen molar-refractivity contribution in [1.82, 2.24) is 4.90 Å². The van der Waals surface area contributed by atoms with Gasteiger partial charge in [0.15, 0.2) is 6.10 Å². The van der Waals surface area contributed by atoms with Gasteiger partial charge in [0.25, 0.3) is 0 Å². The molecule has 1 aliphatic carbocycles. The van der Waals surface area contributed by atoms with Crippen LogP contribution in [0.3, 0.4) is 0 Å². The topological polar surface area (TPSA) is 87.1 Å². The first-order valence-electron chi connectivity index (χ1n) is 9.10. The minimum absolute atomic E-state index is 0.0493. The molecule has 0 spiro atoms. The second kappa shape index (κ2) is 7.04. The lowest BCUT2D eigenvalue weighted by molar-refractivity contribution is -0.149. The fourth-order valence-corrected chi connectivity index (χ4v) is 4.19. The van der Waals surface area contributed by atoms with Crippen LogP contribution in [0.4, 0.5) is 4.79 Å². The molecule has 1 unspecified atom stereocenters. The lowest BCUT2D eigenvalue weighted by Crippen LogP contribution is -2.46.